The Kier molecular flexibility index (Phi) is 9.50. The SMILES string of the molecule is C=C1CC/C=C(\C)CC[C@H]2C([C@H](OC(C)=O)[C@H](C=C(C)C)OC(C)=O)=CO[C@@H](OC(C)=O)[C@H]12. The normalized spacial score (nSPS) is 26.2. The molecule has 0 aromatic heterocycles. The van der Waals surface area contributed by atoms with Gasteiger partial charge in [0.15, 0.2) is 12.2 Å². The number of rotatable bonds is 6. The van der Waals surface area contributed by atoms with Gasteiger partial charge in [0.2, 0.25) is 6.29 Å². The Morgan fingerprint density at radius 3 is 2.30 bits per heavy atom. The van der Waals surface area contributed by atoms with Crippen molar-refractivity contribution in [3.8, 4) is 0 Å². The minimum Gasteiger partial charge on any atom is -0.462 e. The lowest BCUT2D eigenvalue weighted by atomic mass is 9.74. The molecular weight excluding hydrogens is 424 g/mol. The van der Waals surface area contributed by atoms with E-state index in [0.717, 1.165) is 24.0 Å². The second-order valence-electron chi connectivity index (χ2n) is 9.00. The highest BCUT2D eigenvalue weighted by Gasteiger charge is 2.45. The molecule has 7 nitrogen and oxygen atoms in total. The third kappa shape index (κ3) is 7.62. The predicted octanol–water partition coefficient (Wildman–Crippen LogP) is 4.93. The van der Waals surface area contributed by atoms with Crippen LogP contribution in [0.25, 0.3) is 0 Å². The maximum absolute atomic E-state index is 12.1. The van der Waals surface area contributed by atoms with Crippen molar-refractivity contribution in [1.29, 1.82) is 0 Å². The van der Waals surface area contributed by atoms with Gasteiger partial charge in [0, 0.05) is 32.3 Å². The van der Waals surface area contributed by atoms with E-state index in [1.165, 1.54) is 32.6 Å². The summed E-state index contributed by atoms with van der Waals surface area (Å²) in [7, 11) is 0. The van der Waals surface area contributed by atoms with E-state index in [2.05, 4.69) is 19.6 Å². The largest absolute Gasteiger partial charge is 0.462 e. The number of esters is 3. The third-order valence-electron chi connectivity index (χ3n) is 5.77. The molecule has 0 amide bonds. The van der Waals surface area contributed by atoms with Crippen LogP contribution in [0.3, 0.4) is 0 Å². The van der Waals surface area contributed by atoms with Crippen molar-refractivity contribution < 1.29 is 33.3 Å². The van der Waals surface area contributed by atoms with Gasteiger partial charge in [-0.05, 0) is 52.5 Å². The Morgan fingerprint density at radius 2 is 1.73 bits per heavy atom. The zero-order valence-corrected chi connectivity index (χ0v) is 20.5. The number of hydrogen-bond acceptors (Lipinski definition) is 7. The molecule has 0 saturated carbocycles. The van der Waals surface area contributed by atoms with Crippen LogP contribution in [-0.4, -0.2) is 36.4 Å². The lowest BCUT2D eigenvalue weighted by Gasteiger charge is -2.41. The summed E-state index contributed by atoms with van der Waals surface area (Å²) < 4.78 is 22.7. The van der Waals surface area contributed by atoms with Crippen molar-refractivity contribution in [3.63, 3.8) is 0 Å². The fraction of sp³-hybridized carbons (Fsp3) is 0.577. The van der Waals surface area contributed by atoms with E-state index in [0.29, 0.717) is 18.4 Å². The Balaban J connectivity index is 2.60. The Labute approximate surface area is 196 Å². The smallest absolute Gasteiger partial charge is 0.305 e. The highest BCUT2D eigenvalue weighted by molar-refractivity contribution is 5.68. The molecule has 1 heterocycles. The zero-order valence-electron chi connectivity index (χ0n) is 20.5. The maximum Gasteiger partial charge on any atom is 0.305 e. The third-order valence-corrected chi connectivity index (χ3v) is 5.77. The van der Waals surface area contributed by atoms with Crippen LogP contribution in [0.4, 0.5) is 0 Å². The molecule has 2 rings (SSSR count). The first-order valence-electron chi connectivity index (χ1n) is 11.3. The van der Waals surface area contributed by atoms with Crippen LogP contribution >= 0.6 is 0 Å². The van der Waals surface area contributed by atoms with Crippen LogP contribution < -0.4 is 0 Å². The van der Waals surface area contributed by atoms with Crippen LogP contribution in [-0.2, 0) is 33.3 Å². The summed E-state index contributed by atoms with van der Waals surface area (Å²) in [5, 5.41) is 0. The highest BCUT2D eigenvalue weighted by Crippen LogP contribution is 2.44. The molecule has 1 aliphatic heterocycles. The second kappa shape index (κ2) is 11.9. The van der Waals surface area contributed by atoms with Gasteiger partial charge >= 0.3 is 17.9 Å². The Bertz CT molecular complexity index is 860. The van der Waals surface area contributed by atoms with Crippen LogP contribution in [0.5, 0.6) is 0 Å². The van der Waals surface area contributed by atoms with E-state index in [1.807, 2.05) is 13.8 Å². The van der Waals surface area contributed by atoms with E-state index in [9.17, 15) is 14.4 Å². The van der Waals surface area contributed by atoms with Gasteiger partial charge < -0.3 is 18.9 Å². The van der Waals surface area contributed by atoms with Crippen molar-refractivity contribution in [1.82, 2.24) is 0 Å². The van der Waals surface area contributed by atoms with Crippen molar-refractivity contribution in [3.05, 3.63) is 47.3 Å². The van der Waals surface area contributed by atoms with E-state index in [1.54, 1.807) is 6.08 Å². The number of carbonyl (C=O) groups is 3. The molecular formula is C26H36O7. The van der Waals surface area contributed by atoms with Crippen LogP contribution in [0.1, 0.15) is 67.2 Å². The molecule has 33 heavy (non-hydrogen) atoms. The fourth-order valence-electron chi connectivity index (χ4n) is 4.44. The van der Waals surface area contributed by atoms with Gasteiger partial charge in [0.25, 0.3) is 0 Å². The van der Waals surface area contributed by atoms with Gasteiger partial charge in [0.05, 0.1) is 12.2 Å². The van der Waals surface area contributed by atoms with E-state index < -0.39 is 36.4 Å². The summed E-state index contributed by atoms with van der Waals surface area (Å²) in [6, 6.07) is 0. The minimum atomic E-state index is -0.884. The molecule has 1 aliphatic carbocycles. The zero-order chi connectivity index (χ0) is 24.7. The van der Waals surface area contributed by atoms with Gasteiger partial charge in [-0.25, -0.2) is 0 Å². The number of ether oxygens (including phenoxy) is 4. The van der Waals surface area contributed by atoms with Gasteiger partial charge in [-0.1, -0.05) is 29.4 Å². The van der Waals surface area contributed by atoms with Crippen LogP contribution in [0.15, 0.2) is 47.3 Å². The first kappa shape index (κ1) is 26.4. The molecule has 0 aromatic carbocycles. The monoisotopic (exact) mass is 460 g/mol. The standard InChI is InChI=1S/C26H36O7/c1-15(2)13-23(31-18(5)27)25(32-19(6)28)22-14-30-26(33-20(7)29)24-17(4)10-8-9-16(3)11-12-21(22)24/h9,13-14,21,23-26H,4,8,10-12H2,1-3,5-7H3/b16-9+/t21-,23-,24+,25-,26-/m0/s1. The molecule has 2 aliphatic rings. The topological polar surface area (TPSA) is 88.1 Å². The number of carbonyl (C=O) groups excluding carboxylic acids is 3. The molecule has 0 N–H and O–H groups in total. The van der Waals surface area contributed by atoms with Crippen molar-refractivity contribution in [2.75, 3.05) is 0 Å². The molecule has 0 bridgehead atoms. The molecule has 7 heteroatoms. The van der Waals surface area contributed by atoms with Crippen molar-refractivity contribution in [2.45, 2.75) is 85.7 Å². The molecule has 0 saturated heterocycles. The molecule has 0 radical (unpaired) electrons. The molecule has 0 aromatic rings. The minimum absolute atomic E-state index is 0.190. The molecule has 0 spiro atoms. The van der Waals surface area contributed by atoms with Crippen molar-refractivity contribution in [2.24, 2.45) is 11.8 Å². The first-order chi connectivity index (χ1) is 15.5. The second-order valence-corrected chi connectivity index (χ2v) is 9.00. The Morgan fingerprint density at radius 1 is 1.06 bits per heavy atom. The summed E-state index contributed by atoms with van der Waals surface area (Å²) in [4.78, 5) is 35.8. The predicted molar refractivity (Wildman–Crippen MR) is 124 cm³/mol. The van der Waals surface area contributed by atoms with E-state index in [4.69, 9.17) is 18.9 Å². The summed E-state index contributed by atoms with van der Waals surface area (Å²) in [6.07, 6.45) is 6.00. The van der Waals surface area contributed by atoms with E-state index >= 15 is 0 Å². The first-order valence-corrected chi connectivity index (χ1v) is 11.3. The average Bonchev–Trinajstić information content (AvgIpc) is 2.75. The van der Waals surface area contributed by atoms with Gasteiger partial charge in [-0.15, -0.1) is 0 Å². The van der Waals surface area contributed by atoms with Crippen molar-refractivity contribution >= 4 is 17.9 Å². The summed E-state index contributed by atoms with van der Waals surface area (Å²) >= 11 is 0. The maximum atomic E-state index is 12.1. The van der Waals surface area contributed by atoms with Crippen LogP contribution in [0, 0.1) is 11.8 Å². The molecule has 182 valence electrons. The number of fused-ring (bicyclic) bond motifs is 1. The summed E-state index contributed by atoms with van der Waals surface area (Å²) in [5.74, 6) is -1.95. The van der Waals surface area contributed by atoms with Gasteiger partial charge in [-0.3, -0.25) is 14.4 Å². The Hall–Kier alpha value is -2.83. The lowest BCUT2D eigenvalue weighted by Crippen LogP contribution is -2.44. The van der Waals surface area contributed by atoms with E-state index in [-0.39, 0.29) is 11.8 Å². The fourth-order valence-corrected chi connectivity index (χ4v) is 4.44. The quantitative estimate of drug-likeness (QED) is 0.315. The lowest BCUT2D eigenvalue weighted by molar-refractivity contribution is -0.182. The molecule has 0 fully saturated rings. The number of allylic oxidation sites excluding steroid dienone is 3. The summed E-state index contributed by atoms with van der Waals surface area (Å²) in [6.45, 7) is 14.1. The average molecular weight is 461 g/mol. The number of hydrogen-bond donors (Lipinski definition) is 0. The molecule has 0 unspecified atom stereocenters. The summed E-state index contributed by atoms with van der Waals surface area (Å²) in [5.41, 5.74) is 3.74. The highest BCUT2D eigenvalue weighted by atomic mass is 16.7. The van der Waals surface area contributed by atoms with Gasteiger partial charge in [-0.2, -0.15) is 0 Å². The van der Waals surface area contributed by atoms with Gasteiger partial charge in [0.1, 0.15) is 0 Å². The van der Waals surface area contributed by atoms with Crippen LogP contribution in [0.2, 0.25) is 0 Å². The molecule has 5 atom stereocenters.